The molecule has 0 amide bonds. The lowest BCUT2D eigenvalue weighted by Gasteiger charge is -2.16. The largest absolute Gasteiger partial charge is 0.198 e. The molecule has 2 rings (SSSR count). The Bertz CT molecular complexity index is 379. The van der Waals surface area contributed by atoms with Gasteiger partial charge in [-0.05, 0) is 48.9 Å². The number of hydrogen-bond donors (Lipinski definition) is 0. The lowest BCUT2D eigenvalue weighted by atomic mass is 9.92. The summed E-state index contributed by atoms with van der Waals surface area (Å²) in [5.41, 5.74) is 3.06. The Morgan fingerprint density at radius 2 is 2.00 bits per heavy atom. The third-order valence-electron chi connectivity index (χ3n) is 2.80. The summed E-state index contributed by atoms with van der Waals surface area (Å²) in [6, 6.07) is 8.96. The topological polar surface area (TPSA) is 23.8 Å². The van der Waals surface area contributed by atoms with Gasteiger partial charge in [0.1, 0.15) is 0 Å². The number of hydrogen-bond acceptors (Lipinski definition) is 2. The molecule has 0 saturated carbocycles. The van der Waals surface area contributed by atoms with Crippen LogP contribution in [0.5, 0.6) is 0 Å². The van der Waals surface area contributed by atoms with Crippen LogP contribution in [0.1, 0.15) is 30.4 Å². The molecule has 0 radical (unpaired) electrons. The summed E-state index contributed by atoms with van der Waals surface area (Å²) in [4.78, 5) is 1.32. The van der Waals surface area contributed by atoms with Gasteiger partial charge in [-0.1, -0.05) is 6.07 Å². The first-order valence-corrected chi connectivity index (χ1v) is 6.50. The van der Waals surface area contributed by atoms with Crippen molar-refractivity contribution >= 4 is 11.8 Å². The molecule has 0 unspecified atom stereocenters. The van der Waals surface area contributed by atoms with E-state index in [4.69, 9.17) is 5.26 Å². The van der Waals surface area contributed by atoms with Gasteiger partial charge in [0.2, 0.25) is 0 Å². The molecule has 0 bridgehead atoms. The number of nitrogens with zero attached hydrogens (tertiary/aromatic N) is 1. The standard InChI is InChI=1S/C13H15NS/c14-8-3-9-15-13-7-6-11-4-1-2-5-12(11)10-13/h6-7,10H,1-5,9H2. The lowest BCUT2D eigenvalue weighted by Crippen LogP contribution is -2.02. The van der Waals surface area contributed by atoms with Crippen molar-refractivity contribution in [1.29, 1.82) is 5.26 Å². The predicted molar refractivity (Wildman–Crippen MR) is 64.0 cm³/mol. The van der Waals surface area contributed by atoms with Crippen LogP contribution in [-0.2, 0) is 12.8 Å². The van der Waals surface area contributed by atoms with E-state index in [0.717, 1.165) is 5.75 Å². The molecule has 0 spiro atoms. The Morgan fingerprint density at radius 3 is 2.80 bits per heavy atom. The van der Waals surface area contributed by atoms with E-state index in [9.17, 15) is 0 Å². The SMILES string of the molecule is N#CCCSc1ccc2c(c1)CCCC2. The number of fused-ring (bicyclic) bond motifs is 1. The molecule has 1 nitrogen and oxygen atoms in total. The van der Waals surface area contributed by atoms with E-state index < -0.39 is 0 Å². The minimum absolute atomic E-state index is 0.641. The first kappa shape index (κ1) is 10.6. The Kier molecular flexibility index (Phi) is 3.69. The maximum absolute atomic E-state index is 8.47. The molecule has 0 atom stereocenters. The van der Waals surface area contributed by atoms with Gasteiger partial charge in [0, 0.05) is 17.1 Å². The Morgan fingerprint density at radius 1 is 1.20 bits per heavy atom. The smallest absolute Gasteiger partial charge is 0.0630 e. The monoisotopic (exact) mass is 217 g/mol. The third kappa shape index (κ3) is 2.76. The fraction of sp³-hybridized carbons (Fsp3) is 0.462. The molecule has 15 heavy (non-hydrogen) atoms. The highest BCUT2D eigenvalue weighted by Gasteiger charge is 2.09. The van der Waals surface area contributed by atoms with Crippen LogP contribution in [0.3, 0.4) is 0 Å². The highest BCUT2D eigenvalue weighted by atomic mass is 32.2. The van der Waals surface area contributed by atoms with Crippen LogP contribution >= 0.6 is 11.8 Å². The van der Waals surface area contributed by atoms with Crippen molar-refractivity contribution < 1.29 is 0 Å². The molecule has 1 aromatic rings. The van der Waals surface area contributed by atoms with Crippen molar-refractivity contribution in [2.24, 2.45) is 0 Å². The lowest BCUT2D eigenvalue weighted by molar-refractivity contribution is 0.683. The van der Waals surface area contributed by atoms with E-state index in [1.54, 1.807) is 11.8 Å². The predicted octanol–water partition coefficient (Wildman–Crippen LogP) is 3.57. The van der Waals surface area contributed by atoms with Gasteiger partial charge in [-0.2, -0.15) is 5.26 Å². The minimum atomic E-state index is 0.641. The molecule has 0 fully saturated rings. The molecule has 0 aliphatic heterocycles. The minimum Gasteiger partial charge on any atom is -0.198 e. The molecule has 1 aliphatic rings. The number of thioether (sulfide) groups is 1. The fourth-order valence-electron chi connectivity index (χ4n) is 2.01. The Balaban J connectivity index is 2.04. The van der Waals surface area contributed by atoms with Crippen LogP contribution < -0.4 is 0 Å². The number of rotatable bonds is 3. The molecule has 0 saturated heterocycles. The van der Waals surface area contributed by atoms with Crippen molar-refractivity contribution in [2.45, 2.75) is 37.0 Å². The third-order valence-corrected chi connectivity index (χ3v) is 3.80. The van der Waals surface area contributed by atoms with Crippen LogP contribution in [0, 0.1) is 11.3 Å². The summed E-state index contributed by atoms with van der Waals surface area (Å²) in [5.74, 6) is 0.912. The molecule has 1 aromatic carbocycles. The maximum Gasteiger partial charge on any atom is 0.0630 e. The average Bonchev–Trinajstić information content (AvgIpc) is 2.29. The van der Waals surface area contributed by atoms with E-state index in [2.05, 4.69) is 24.3 Å². The number of nitriles is 1. The van der Waals surface area contributed by atoms with Crippen molar-refractivity contribution in [3.8, 4) is 6.07 Å². The zero-order valence-corrected chi connectivity index (χ0v) is 9.65. The summed E-state index contributed by atoms with van der Waals surface area (Å²) in [6.45, 7) is 0. The number of aryl methyl sites for hydroxylation is 2. The van der Waals surface area contributed by atoms with E-state index in [1.807, 2.05) is 0 Å². The van der Waals surface area contributed by atoms with Crippen molar-refractivity contribution in [3.05, 3.63) is 29.3 Å². The quantitative estimate of drug-likeness (QED) is 0.571. The molecule has 78 valence electrons. The summed E-state index contributed by atoms with van der Waals surface area (Å²) in [6.07, 6.45) is 5.80. The second-order valence-corrected chi connectivity index (χ2v) is 5.06. The fourth-order valence-corrected chi connectivity index (χ4v) is 2.83. The normalized spacial score (nSPS) is 14.3. The molecule has 1 aliphatic carbocycles. The molecular formula is C13H15NS. The van der Waals surface area contributed by atoms with Crippen LogP contribution in [0.25, 0.3) is 0 Å². The van der Waals surface area contributed by atoms with E-state index in [0.29, 0.717) is 6.42 Å². The van der Waals surface area contributed by atoms with E-state index in [1.165, 1.54) is 41.7 Å². The molecule has 0 N–H and O–H groups in total. The zero-order valence-electron chi connectivity index (χ0n) is 8.83. The van der Waals surface area contributed by atoms with Gasteiger partial charge >= 0.3 is 0 Å². The van der Waals surface area contributed by atoms with E-state index >= 15 is 0 Å². The van der Waals surface area contributed by atoms with Crippen molar-refractivity contribution in [2.75, 3.05) is 5.75 Å². The second kappa shape index (κ2) is 5.23. The average molecular weight is 217 g/mol. The summed E-state index contributed by atoms with van der Waals surface area (Å²) in [5, 5.41) is 8.47. The van der Waals surface area contributed by atoms with Crippen LogP contribution in [0.15, 0.2) is 23.1 Å². The molecule has 2 heteroatoms. The van der Waals surface area contributed by atoms with Crippen LogP contribution in [-0.4, -0.2) is 5.75 Å². The van der Waals surface area contributed by atoms with Gasteiger partial charge in [0.05, 0.1) is 6.07 Å². The van der Waals surface area contributed by atoms with Crippen LogP contribution in [0.2, 0.25) is 0 Å². The number of benzene rings is 1. The van der Waals surface area contributed by atoms with Crippen molar-refractivity contribution in [1.82, 2.24) is 0 Å². The zero-order chi connectivity index (χ0) is 10.5. The molecule has 0 aromatic heterocycles. The van der Waals surface area contributed by atoms with Gasteiger partial charge in [-0.15, -0.1) is 11.8 Å². The Hall–Kier alpha value is -0.940. The summed E-state index contributed by atoms with van der Waals surface area (Å²) in [7, 11) is 0. The first-order chi connectivity index (χ1) is 7.40. The van der Waals surface area contributed by atoms with E-state index in [-0.39, 0.29) is 0 Å². The Labute approximate surface area is 95.5 Å². The van der Waals surface area contributed by atoms with Gasteiger partial charge in [0.15, 0.2) is 0 Å². The van der Waals surface area contributed by atoms with Gasteiger partial charge in [-0.25, -0.2) is 0 Å². The summed E-state index contributed by atoms with van der Waals surface area (Å²) >= 11 is 1.80. The van der Waals surface area contributed by atoms with Crippen LogP contribution in [0.4, 0.5) is 0 Å². The second-order valence-electron chi connectivity index (χ2n) is 3.89. The molecule has 0 heterocycles. The maximum atomic E-state index is 8.47. The molecular weight excluding hydrogens is 202 g/mol. The van der Waals surface area contributed by atoms with Gasteiger partial charge in [0.25, 0.3) is 0 Å². The van der Waals surface area contributed by atoms with Gasteiger partial charge in [-0.3, -0.25) is 0 Å². The summed E-state index contributed by atoms with van der Waals surface area (Å²) < 4.78 is 0. The van der Waals surface area contributed by atoms with Gasteiger partial charge < -0.3 is 0 Å². The highest BCUT2D eigenvalue weighted by molar-refractivity contribution is 7.99. The highest BCUT2D eigenvalue weighted by Crippen LogP contribution is 2.27. The first-order valence-electron chi connectivity index (χ1n) is 5.52. The van der Waals surface area contributed by atoms with Crippen molar-refractivity contribution in [3.63, 3.8) is 0 Å².